The lowest BCUT2D eigenvalue weighted by atomic mass is 10.00. The van der Waals surface area contributed by atoms with Gasteiger partial charge < -0.3 is 15.0 Å². The molecule has 0 aliphatic carbocycles. The molecular weight excluding hydrogens is 368 g/mol. The van der Waals surface area contributed by atoms with Crippen molar-refractivity contribution in [3.05, 3.63) is 71.3 Å². The highest BCUT2D eigenvalue weighted by atomic mass is 16.6. The molecule has 2 amide bonds. The van der Waals surface area contributed by atoms with Crippen molar-refractivity contribution < 1.29 is 19.1 Å². The Morgan fingerprint density at radius 3 is 2.31 bits per heavy atom. The van der Waals surface area contributed by atoms with Crippen molar-refractivity contribution >= 4 is 18.3 Å². The van der Waals surface area contributed by atoms with Crippen LogP contribution in [-0.4, -0.2) is 42.4 Å². The molecule has 1 atom stereocenters. The van der Waals surface area contributed by atoms with Crippen molar-refractivity contribution in [3.63, 3.8) is 0 Å². The molecule has 0 saturated heterocycles. The Labute approximate surface area is 171 Å². The molecule has 6 heteroatoms. The molecule has 0 heterocycles. The number of ether oxygens (including phenoxy) is 1. The van der Waals surface area contributed by atoms with Gasteiger partial charge in [-0.3, -0.25) is 9.59 Å². The lowest BCUT2D eigenvalue weighted by Gasteiger charge is -2.29. The van der Waals surface area contributed by atoms with E-state index in [0.29, 0.717) is 30.4 Å². The van der Waals surface area contributed by atoms with Gasteiger partial charge in [-0.1, -0.05) is 48.5 Å². The summed E-state index contributed by atoms with van der Waals surface area (Å²) in [6, 6.07) is 16.0. The maximum absolute atomic E-state index is 13.1. The molecule has 1 unspecified atom stereocenters. The van der Waals surface area contributed by atoms with Gasteiger partial charge in [-0.15, -0.1) is 0 Å². The maximum Gasteiger partial charge on any atom is 0.407 e. The van der Waals surface area contributed by atoms with Crippen molar-refractivity contribution in [2.45, 2.75) is 38.8 Å². The van der Waals surface area contributed by atoms with Gasteiger partial charge in [0, 0.05) is 19.2 Å². The Kier molecular flexibility index (Phi) is 7.53. The fourth-order valence-corrected chi connectivity index (χ4v) is 3.01. The third kappa shape index (κ3) is 6.45. The normalized spacial score (nSPS) is 12.0. The molecule has 154 valence electrons. The Hall–Kier alpha value is -3.15. The molecule has 0 saturated carbocycles. The van der Waals surface area contributed by atoms with Gasteiger partial charge in [-0.25, -0.2) is 4.79 Å². The van der Waals surface area contributed by atoms with Crippen molar-refractivity contribution in [1.82, 2.24) is 10.2 Å². The van der Waals surface area contributed by atoms with Crippen LogP contribution in [0.25, 0.3) is 0 Å². The van der Waals surface area contributed by atoms with Gasteiger partial charge in [0.2, 0.25) is 0 Å². The second-order valence-electron chi connectivity index (χ2n) is 7.76. The summed E-state index contributed by atoms with van der Waals surface area (Å²) >= 11 is 0. The lowest BCUT2D eigenvalue weighted by Crippen LogP contribution is -2.36. The first-order valence-electron chi connectivity index (χ1n) is 9.56. The van der Waals surface area contributed by atoms with E-state index in [1.54, 1.807) is 57.0 Å². The highest BCUT2D eigenvalue weighted by Gasteiger charge is 2.24. The molecule has 2 aromatic rings. The number of nitrogens with one attached hydrogen (secondary N) is 1. The van der Waals surface area contributed by atoms with E-state index in [-0.39, 0.29) is 11.9 Å². The molecule has 0 radical (unpaired) electrons. The lowest BCUT2D eigenvalue weighted by molar-refractivity contribution is 0.0521. The molecule has 0 spiro atoms. The van der Waals surface area contributed by atoms with E-state index in [9.17, 15) is 14.4 Å². The molecule has 0 aliphatic heterocycles. The van der Waals surface area contributed by atoms with Crippen LogP contribution >= 0.6 is 0 Å². The molecule has 2 aromatic carbocycles. The fourth-order valence-electron chi connectivity index (χ4n) is 3.01. The highest BCUT2D eigenvalue weighted by molar-refractivity contribution is 6.01. The molecule has 1 N–H and O–H groups in total. The van der Waals surface area contributed by atoms with Gasteiger partial charge in [0.25, 0.3) is 5.91 Å². The zero-order chi connectivity index (χ0) is 21.4. The molecule has 0 fully saturated rings. The van der Waals surface area contributed by atoms with Crippen molar-refractivity contribution in [1.29, 1.82) is 0 Å². The van der Waals surface area contributed by atoms with E-state index in [1.807, 2.05) is 30.3 Å². The average molecular weight is 396 g/mol. The van der Waals surface area contributed by atoms with Crippen molar-refractivity contribution in [2.75, 3.05) is 13.6 Å². The highest BCUT2D eigenvalue weighted by Crippen LogP contribution is 2.25. The minimum Gasteiger partial charge on any atom is -0.444 e. The smallest absolute Gasteiger partial charge is 0.407 e. The third-order valence-electron chi connectivity index (χ3n) is 4.38. The van der Waals surface area contributed by atoms with Gasteiger partial charge in [-0.05, 0) is 38.8 Å². The van der Waals surface area contributed by atoms with Crippen LogP contribution in [0.5, 0.6) is 0 Å². The number of amides is 2. The summed E-state index contributed by atoms with van der Waals surface area (Å²) in [4.78, 5) is 37.9. The van der Waals surface area contributed by atoms with Crippen LogP contribution in [0, 0.1) is 0 Å². The number of hydrogen-bond acceptors (Lipinski definition) is 4. The van der Waals surface area contributed by atoms with Crippen LogP contribution in [0.4, 0.5) is 4.79 Å². The molecule has 6 nitrogen and oxygen atoms in total. The number of carbonyl (C=O) groups is 3. The maximum atomic E-state index is 13.1. The van der Waals surface area contributed by atoms with Crippen LogP contribution in [0.3, 0.4) is 0 Å². The van der Waals surface area contributed by atoms with Gasteiger partial charge in [-0.2, -0.15) is 0 Å². The number of carbonyl (C=O) groups excluding carboxylic acids is 3. The largest absolute Gasteiger partial charge is 0.444 e. The Morgan fingerprint density at radius 2 is 1.69 bits per heavy atom. The second-order valence-corrected chi connectivity index (χ2v) is 7.76. The molecule has 29 heavy (non-hydrogen) atoms. The SMILES string of the molecule is CN(C(=O)c1ccccc1C=O)C(CCNC(=O)OC(C)(C)C)c1ccccc1. The zero-order valence-corrected chi connectivity index (χ0v) is 17.3. The summed E-state index contributed by atoms with van der Waals surface area (Å²) < 4.78 is 5.26. The summed E-state index contributed by atoms with van der Waals surface area (Å²) in [5, 5.41) is 2.74. The third-order valence-corrected chi connectivity index (χ3v) is 4.38. The van der Waals surface area contributed by atoms with Gasteiger partial charge in [0.1, 0.15) is 5.60 Å². The van der Waals surface area contributed by atoms with Crippen molar-refractivity contribution in [2.24, 2.45) is 0 Å². The van der Waals surface area contributed by atoms with Crippen LogP contribution in [0.15, 0.2) is 54.6 Å². The van der Waals surface area contributed by atoms with Crippen LogP contribution < -0.4 is 5.32 Å². The van der Waals surface area contributed by atoms with Gasteiger partial charge in [0.05, 0.1) is 11.6 Å². The van der Waals surface area contributed by atoms with Gasteiger partial charge in [0.15, 0.2) is 6.29 Å². The van der Waals surface area contributed by atoms with Crippen LogP contribution in [0.1, 0.15) is 59.5 Å². The summed E-state index contributed by atoms with van der Waals surface area (Å²) in [6.45, 7) is 5.74. The molecule has 0 bridgehead atoms. The molecule has 2 rings (SSSR count). The number of aldehydes is 1. The van der Waals surface area contributed by atoms with Crippen molar-refractivity contribution in [3.8, 4) is 0 Å². The number of alkyl carbamates (subject to hydrolysis) is 1. The quantitative estimate of drug-likeness (QED) is 0.711. The number of benzene rings is 2. The van der Waals surface area contributed by atoms with Gasteiger partial charge >= 0.3 is 6.09 Å². The second kappa shape index (κ2) is 9.87. The topological polar surface area (TPSA) is 75.7 Å². The Balaban J connectivity index is 2.17. The van der Waals surface area contributed by atoms with E-state index in [1.165, 1.54) is 0 Å². The summed E-state index contributed by atoms with van der Waals surface area (Å²) in [5.74, 6) is -0.251. The molecule has 0 aromatic heterocycles. The molecule has 0 aliphatic rings. The fraction of sp³-hybridized carbons (Fsp3) is 0.348. The molecular formula is C23H28N2O4. The monoisotopic (exact) mass is 396 g/mol. The first kappa shape index (κ1) is 22.1. The van der Waals surface area contributed by atoms with E-state index in [0.717, 1.165) is 5.56 Å². The van der Waals surface area contributed by atoms with E-state index >= 15 is 0 Å². The summed E-state index contributed by atoms with van der Waals surface area (Å²) in [5.41, 5.74) is 1.07. The van der Waals surface area contributed by atoms with E-state index < -0.39 is 11.7 Å². The summed E-state index contributed by atoms with van der Waals surface area (Å²) in [6.07, 6.45) is 0.682. The predicted molar refractivity (Wildman–Crippen MR) is 112 cm³/mol. The predicted octanol–water partition coefficient (Wildman–Crippen LogP) is 4.23. The van der Waals surface area contributed by atoms with E-state index in [4.69, 9.17) is 4.74 Å². The standard InChI is InChI=1S/C23H28N2O4/c1-23(2,3)29-22(28)24-15-14-20(17-10-6-5-7-11-17)25(4)21(27)19-13-9-8-12-18(19)16-26/h5-13,16,20H,14-15H2,1-4H3,(H,24,28). The number of rotatable bonds is 7. The minimum absolute atomic E-state index is 0.251. The Morgan fingerprint density at radius 1 is 1.07 bits per heavy atom. The Bertz CT molecular complexity index is 843. The van der Waals surface area contributed by atoms with Crippen LogP contribution in [0.2, 0.25) is 0 Å². The first-order chi connectivity index (χ1) is 13.7. The number of hydrogen-bond donors (Lipinski definition) is 1. The first-order valence-corrected chi connectivity index (χ1v) is 9.56. The van der Waals surface area contributed by atoms with E-state index in [2.05, 4.69) is 5.32 Å². The average Bonchev–Trinajstić information content (AvgIpc) is 2.69. The van der Waals surface area contributed by atoms with Crippen LogP contribution in [-0.2, 0) is 4.74 Å². The minimum atomic E-state index is -0.575. The number of nitrogens with zero attached hydrogens (tertiary/aromatic N) is 1. The zero-order valence-electron chi connectivity index (χ0n) is 17.3. The summed E-state index contributed by atoms with van der Waals surface area (Å²) in [7, 11) is 1.70.